The van der Waals surface area contributed by atoms with Gasteiger partial charge in [0, 0.05) is 6.68 Å². The number of rotatable bonds is 1. The molecule has 0 aliphatic rings. The lowest BCUT2D eigenvalue weighted by atomic mass is 10.2. The van der Waals surface area contributed by atoms with Gasteiger partial charge in [0.05, 0.1) is 0 Å². The van der Waals surface area contributed by atoms with Crippen molar-refractivity contribution in [2.75, 3.05) is 0 Å². The third kappa shape index (κ3) is 1.34. The van der Waals surface area contributed by atoms with Gasteiger partial charge in [-0.1, -0.05) is 46.3 Å². The highest BCUT2D eigenvalue weighted by molar-refractivity contribution is 9.08. The molecule has 0 saturated carbocycles. The smallest absolute Gasteiger partial charge is 0.0437 e. The molecule has 1 unspecified atom stereocenters. The number of hydrogen-bond donors (Lipinski definition) is 0. The van der Waals surface area contributed by atoms with Crippen LogP contribution in [0.1, 0.15) is 6.93 Å². The Morgan fingerprint density at radius 1 is 1.38 bits per heavy atom. The predicted molar refractivity (Wildman–Crippen MR) is 39.1 cm³/mol. The van der Waals surface area contributed by atoms with E-state index >= 15 is 0 Å². The zero-order valence-corrected chi connectivity index (χ0v) is 5.93. The van der Waals surface area contributed by atoms with Gasteiger partial charge in [-0.2, -0.15) is 0 Å². The molecule has 0 N–H and O–H groups in total. The topological polar surface area (TPSA) is 0 Å². The maximum atomic E-state index is 7.24. The van der Waals surface area contributed by atoms with Crippen LogP contribution in [0.3, 0.4) is 0 Å². The van der Waals surface area contributed by atoms with Crippen molar-refractivity contribution in [3.8, 4) is 0 Å². The average molecular weight is 172 g/mol. The van der Waals surface area contributed by atoms with Crippen LogP contribution in [-0.2, 0) is 5.31 Å². The van der Waals surface area contributed by atoms with Crippen LogP contribution in [0.4, 0.5) is 0 Å². The summed E-state index contributed by atoms with van der Waals surface area (Å²) in [5.74, 6) is 0. The first kappa shape index (κ1) is 4.57. The molecule has 0 nitrogen and oxygen atoms in total. The lowest BCUT2D eigenvalue weighted by molar-refractivity contribution is 1.44. The van der Waals surface area contributed by atoms with Gasteiger partial charge in [0.1, 0.15) is 0 Å². The van der Waals surface area contributed by atoms with Crippen molar-refractivity contribution < 1.29 is 1.37 Å². The summed E-state index contributed by atoms with van der Waals surface area (Å²) in [5.41, 5.74) is 0.998. The first-order chi connectivity index (χ1) is 4.30. The van der Waals surface area contributed by atoms with Crippen molar-refractivity contribution in [1.29, 1.82) is 0 Å². The molecule has 8 heavy (non-hydrogen) atoms. The molecule has 1 aromatic rings. The molecule has 0 fully saturated rings. The first-order valence-corrected chi connectivity index (χ1v) is 3.33. The van der Waals surface area contributed by atoms with Crippen LogP contribution in [0.15, 0.2) is 30.3 Å². The van der Waals surface area contributed by atoms with Gasteiger partial charge >= 0.3 is 0 Å². The van der Waals surface area contributed by atoms with E-state index in [1.807, 2.05) is 30.3 Å². The lowest BCUT2D eigenvalue weighted by Crippen LogP contribution is -1.70. The summed E-state index contributed by atoms with van der Waals surface area (Å²) < 4.78 is 7.24. The Morgan fingerprint density at radius 2 is 2.00 bits per heavy atom. The molecule has 1 heteroatoms. The number of alkyl halides is 1. The van der Waals surface area contributed by atoms with Gasteiger partial charge in [-0.25, -0.2) is 0 Å². The van der Waals surface area contributed by atoms with Crippen LogP contribution in [0, 0.1) is 0 Å². The molecule has 0 radical (unpaired) electrons. The average Bonchev–Trinajstić information content (AvgIpc) is 1.90. The largest absolute Gasteiger partial charge is 0.0876 e. The van der Waals surface area contributed by atoms with Crippen molar-refractivity contribution in [1.82, 2.24) is 0 Å². The monoisotopic (exact) mass is 171 g/mol. The number of hydrogen-bond acceptors (Lipinski definition) is 0. The Kier molecular flexibility index (Phi) is 1.64. The highest BCUT2D eigenvalue weighted by Gasteiger charge is 1.81. The van der Waals surface area contributed by atoms with Gasteiger partial charge in [-0.05, 0) is 5.56 Å². The Bertz CT molecular complexity index is 172. The van der Waals surface area contributed by atoms with E-state index in [9.17, 15) is 0 Å². The van der Waals surface area contributed by atoms with Gasteiger partial charge in [0.2, 0.25) is 0 Å². The van der Waals surface area contributed by atoms with Crippen LogP contribution < -0.4 is 0 Å². The fourth-order valence-electron chi connectivity index (χ4n) is 0.526. The van der Waals surface area contributed by atoms with Crippen molar-refractivity contribution in [2.45, 2.75) is 5.31 Å². The normalized spacial score (nSPS) is 14.9. The summed E-state index contributed by atoms with van der Waals surface area (Å²) >= 11 is 3.15. The van der Waals surface area contributed by atoms with Crippen LogP contribution in [0.25, 0.3) is 0 Å². The molecule has 0 amide bonds. The summed E-state index contributed by atoms with van der Waals surface area (Å²) in [4.78, 5) is 0. The summed E-state index contributed by atoms with van der Waals surface area (Å²) in [6.45, 7) is 0. The van der Waals surface area contributed by atoms with E-state index in [-0.39, 0.29) is 5.31 Å². The quantitative estimate of drug-likeness (QED) is 0.571. The fourth-order valence-corrected chi connectivity index (χ4v) is 0.831. The molecule has 1 atom stereocenters. The van der Waals surface area contributed by atoms with Gasteiger partial charge in [-0.15, -0.1) is 0 Å². The van der Waals surface area contributed by atoms with Gasteiger partial charge < -0.3 is 0 Å². The molecule has 0 bridgehead atoms. The Morgan fingerprint density at radius 3 is 2.38 bits per heavy atom. The van der Waals surface area contributed by atoms with E-state index in [1.165, 1.54) is 0 Å². The summed E-state index contributed by atoms with van der Waals surface area (Å²) in [7, 11) is 0. The first-order valence-electron chi connectivity index (χ1n) is 2.99. The zero-order valence-electron chi connectivity index (χ0n) is 5.34. The number of benzene rings is 1. The molecule has 1 rings (SSSR count). The molecule has 0 aromatic heterocycles. The molecule has 0 aliphatic heterocycles. The second-order valence-corrected chi connectivity index (χ2v) is 1.98. The predicted octanol–water partition coefficient (Wildman–Crippen LogP) is 2.58. The maximum absolute atomic E-state index is 7.24. The molecular weight excluding hydrogens is 164 g/mol. The summed E-state index contributed by atoms with van der Waals surface area (Å²) in [6.07, 6.45) is 0. The zero-order chi connectivity index (χ0) is 6.69. The van der Waals surface area contributed by atoms with E-state index < -0.39 is 0 Å². The Hall–Kier alpha value is -0.300. The minimum Gasteiger partial charge on any atom is -0.0876 e. The highest BCUT2D eigenvalue weighted by atomic mass is 79.9. The van der Waals surface area contributed by atoms with E-state index in [1.54, 1.807) is 0 Å². The molecule has 42 valence electrons. The van der Waals surface area contributed by atoms with E-state index in [4.69, 9.17) is 1.37 Å². The van der Waals surface area contributed by atoms with Crippen LogP contribution in [0.5, 0.6) is 0 Å². The van der Waals surface area contributed by atoms with Gasteiger partial charge in [0.15, 0.2) is 0 Å². The van der Waals surface area contributed by atoms with Crippen molar-refractivity contribution >= 4 is 15.9 Å². The second-order valence-electron chi connectivity index (χ2n) is 1.52. The minimum absolute atomic E-state index is 0.279. The standard InChI is InChI=1S/C7H7Br/c8-6-7-4-2-1-3-5-7/h1-5H,6H2/i6D. The molecule has 0 aliphatic carbocycles. The molecule has 0 spiro atoms. The van der Waals surface area contributed by atoms with Gasteiger partial charge in [-0.3, -0.25) is 0 Å². The third-order valence-electron chi connectivity index (χ3n) is 0.926. The van der Waals surface area contributed by atoms with Crippen LogP contribution in [-0.4, -0.2) is 0 Å². The highest BCUT2D eigenvalue weighted by Crippen LogP contribution is 2.02. The van der Waals surface area contributed by atoms with E-state index in [0.717, 1.165) is 5.56 Å². The SMILES string of the molecule is [2H]C(Br)c1ccccc1. The van der Waals surface area contributed by atoms with Crippen LogP contribution >= 0.6 is 15.9 Å². The van der Waals surface area contributed by atoms with Crippen molar-refractivity contribution in [3.63, 3.8) is 0 Å². The molecule has 0 heterocycles. The minimum atomic E-state index is -0.279. The Balaban J connectivity index is 2.85. The number of halogens is 1. The molecular formula is C7H7Br. The summed E-state index contributed by atoms with van der Waals surface area (Å²) in [5, 5.41) is -0.279. The second kappa shape index (κ2) is 2.88. The van der Waals surface area contributed by atoms with Gasteiger partial charge in [0.25, 0.3) is 0 Å². The van der Waals surface area contributed by atoms with E-state index in [2.05, 4.69) is 15.9 Å². The van der Waals surface area contributed by atoms with Crippen LogP contribution in [0.2, 0.25) is 0 Å². The Labute approximate surface area is 59.1 Å². The molecule has 0 saturated heterocycles. The maximum Gasteiger partial charge on any atom is 0.0437 e. The summed E-state index contributed by atoms with van der Waals surface area (Å²) in [6, 6.07) is 9.65. The van der Waals surface area contributed by atoms with Crippen molar-refractivity contribution in [2.24, 2.45) is 0 Å². The molecule has 1 aromatic carbocycles. The lowest BCUT2D eigenvalue weighted by Gasteiger charge is -1.88. The third-order valence-corrected chi connectivity index (χ3v) is 1.45. The van der Waals surface area contributed by atoms with E-state index in [0.29, 0.717) is 0 Å². The van der Waals surface area contributed by atoms with Crippen molar-refractivity contribution in [3.05, 3.63) is 35.9 Å². The fraction of sp³-hybridized carbons (Fsp3) is 0.143.